The van der Waals surface area contributed by atoms with Gasteiger partial charge in [0.2, 0.25) is 0 Å². The van der Waals surface area contributed by atoms with E-state index < -0.39 is 0 Å². The van der Waals surface area contributed by atoms with Crippen molar-refractivity contribution in [3.63, 3.8) is 0 Å². The summed E-state index contributed by atoms with van der Waals surface area (Å²) in [5.74, 6) is 0. The van der Waals surface area contributed by atoms with Crippen molar-refractivity contribution in [3.8, 4) is 0 Å². The fraction of sp³-hybridized carbons (Fsp3) is 0.231. The zero-order valence-electron chi connectivity index (χ0n) is 9.69. The fourth-order valence-electron chi connectivity index (χ4n) is 1.70. The summed E-state index contributed by atoms with van der Waals surface area (Å²) in [4.78, 5) is 3.59. The molecule has 2 rings (SSSR count). The molecule has 0 fully saturated rings. The number of rotatable bonds is 4. The van der Waals surface area contributed by atoms with Crippen molar-refractivity contribution in [2.45, 2.75) is 13.1 Å². The zero-order chi connectivity index (χ0) is 12.3. The first-order valence-electron chi connectivity index (χ1n) is 5.42. The summed E-state index contributed by atoms with van der Waals surface area (Å²) >= 11 is 5.30. The Hall–Kier alpha value is -0.840. The molecule has 0 aliphatic heterocycles. The van der Waals surface area contributed by atoms with E-state index in [1.165, 1.54) is 10.6 Å². The summed E-state index contributed by atoms with van der Waals surface area (Å²) in [5, 5.41) is 2.11. The van der Waals surface area contributed by atoms with Crippen molar-refractivity contribution >= 4 is 33.0 Å². The van der Waals surface area contributed by atoms with Crippen LogP contribution in [0.1, 0.15) is 10.4 Å². The molecule has 0 aliphatic carbocycles. The van der Waals surface area contributed by atoms with Gasteiger partial charge >= 0.3 is 0 Å². The predicted octanol–water partition coefficient (Wildman–Crippen LogP) is 3.61. The number of halogens is 1. The largest absolute Gasteiger partial charge is 0.369 e. The van der Waals surface area contributed by atoms with E-state index in [0.717, 1.165) is 16.6 Å². The lowest BCUT2D eigenvalue weighted by molar-refractivity contribution is 0.934. The second-order valence-electron chi connectivity index (χ2n) is 3.96. The Morgan fingerprint density at radius 2 is 2.18 bits per heavy atom. The average Bonchev–Trinajstić information content (AvgIpc) is 2.81. The van der Waals surface area contributed by atoms with E-state index in [2.05, 4.69) is 63.6 Å². The van der Waals surface area contributed by atoms with Crippen LogP contribution in [0.3, 0.4) is 0 Å². The van der Waals surface area contributed by atoms with E-state index in [4.69, 9.17) is 5.73 Å². The topological polar surface area (TPSA) is 29.3 Å². The van der Waals surface area contributed by atoms with Crippen LogP contribution in [-0.4, -0.2) is 7.05 Å². The molecular weight excluding hydrogens is 296 g/mol. The highest BCUT2D eigenvalue weighted by molar-refractivity contribution is 9.10. The second-order valence-corrected chi connectivity index (χ2v) is 5.91. The van der Waals surface area contributed by atoms with Crippen molar-refractivity contribution in [1.82, 2.24) is 0 Å². The highest BCUT2D eigenvalue weighted by Crippen LogP contribution is 2.24. The molecule has 2 aromatic rings. The lowest BCUT2D eigenvalue weighted by Crippen LogP contribution is -2.16. The van der Waals surface area contributed by atoms with E-state index in [0.29, 0.717) is 6.54 Å². The molecule has 0 radical (unpaired) electrons. The molecule has 2 N–H and O–H groups in total. The Balaban J connectivity index is 2.18. The average molecular weight is 311 g/mol. The van der Waals surface area contributed by atoms with E-state index in [1.54, 1.807) is 11.3 Å². The molecule has 0 amide bonds. The molecule has 1 aromatic heterocycles. The van der Waals surface area contributed by atoms with Gasteiger partial charge in [-0.2, -0.15) is 0 Å². The number of benzene rings is 1. The highest BCUT2D eigenvalue weighted by Gasteiger charge is 2.05. The van der Waals surface area contributed by atoms with Crippen molar-refractivity contribution in [2.24, 2.45) is 5.73 Å². The quantitative estimate of drug-likeness (QED) is 0.935. The second kappa shape index (κ2) is 5.67. The van der Waals surface area contributed by atoms with Crippen molar-refractivity contribution in [2.75, 3.05) is 11.9 Å². The Morgan fingerprint density at radius 3 is 2.82 bits per heavy atom. The molecule has 0 spiro atoms. The van der Waals surface area contributed by atoms with Gasteiger partial charge in [0.05, 0.1) is 6.54 Å². The molecule has 2 nitrogen and oxygen atoms in total. The minimum atomic E-state index is 0.569. The van der Waals surface area contributed by atoms with Crippen LogP contribution in [0, 0.1) is 0 Å². The third-order valence-corrected chi connectivity index (χ3v) is 3.91. The number of nitrogens with zero attached hydrogens (tertiary/aromatic N) is 1. The van der Waals surface area contributed by atoms with Gasteiger partial charge in [0, 0.05) is 28.6 Å². The number of nitrogens with two attached hydrogens (primary N) is 1. The molecule has 1 aromatic carbocycles. The molecule has 0 saturated carbocycles. The molecule has 0 aliphatic rings. The zero-order valence-corrected chi connectivity index (χ0v) is 12.1. The SMILES string of the molecule is CN(Cc1cccs1)c1cc(Br)cc(CN)c1. The molecule has 0 bridgehead atoms. The summed E-state index contributed by atoms with van der Waals surface area (Å²) in [7, 11) is 2.10. The van der Waals surface area contributed by atoms with Crippen molar-refractivity contribution in [3.05, 3.63) is 50.6 Å². The van der Waals surface area contributed by atoms with Crippen LogP contribution < -0.4 is 10.6 Å². The first-order chi connectivity index (χ1) is 8.19. The van der Waals surface area contributed by atoms with Crippen LogP contribution in [-0.2, 0) is 13.1 Å². The molecular formula is C13H15BrN2S. The third-order valence-electron chi connectivity index (χ3n) is 2.59. The van der Waals surface area contributed by atoms with Gasteiger partial charge in [-0.3, -0.25) is 0 Å². The molecule has 90 valence electrons. The monoisotopic (exact) mass is 310 g/mol. The maximum Gasteiger partial charge on any atom is 0.0519 e. The van der Waals surface area contributed by atoms with Crippen LogP contribution in [0.5, 0.6) is 0 Å². The van der Waals surface area contributed by atoms with E-state index in [9.17, 15) is 0 Å². The number of anilines is 1. The Kier molecular flexibility index (Phi) is 4.20. The number of hydrogen-bond donors (Lipinski definition) is 1. The third kappa shape index (κ3) is 3.31. The van der Waals surface area contributed by atoms with Crippen LogP contribution in [0.4, 0.5) is 5.69 Å². The van der Waals surface area contributed by atoms with Gasteiger partial charge in [0.1, 0.15) is 0 Å². The van der Waals surface area contributed by atoms with Gasteiger partial charge in [-0.15, -0.1) is 11.3 Å². The van der Waals surface area contributed by atoms with Crippen LogP contribution in [0.25, 0.3) is 0 Å². The maximum absolute atomic E-state index is 5.69. The van der Waals surface area contributed by atoms with E-state index in [-0.39, 0.29) is 0 Å². The van der Waals surface area contributed by atoms with Crippen LogP contribution in [0.2, 0.25) is 0 Å². The molecule has 1 heterocycles. The van der Waals surface area contributed by atoms with E-state index in [1.807, 2.05) is 0 Å². The summed E-state index contributed by atoms with van der Waals surface area (Å²) in [5.41, 5.74) is 8.02. The van der Waals surface area contributed by atoms with Crippen LogP contribution >= 0.6 is 27.3 Å². The minimum absolute atomic E-state index is 0.569. The fourth-order valence-corrected chi connectivity index (χ4v) is 2.98. The number of hydrogen-bond acceptors (Lipinski definition) is 3. The Morgan fingerprint density at radius 1 is 1.35 bits per heavy atom. The molecule has 0 atom stereocenters. The molecule has 0 saturated heterocycles. The summed E-state index contributed by atoms with van der Waals surface area (Å²) < 4.78 is 1.08. The Labute approximate surface area is 114 Å². The molecule has 17 heavy (non-hydrogen) atoms. The van der Waals surface area contributed by atoms with E-state index >= 15 is 0 Å². The highest BCUT2D eigenvalue weighted by atomic mass is 79.9. The van der Waals surface area contributed by atoms with Gasteiger partial charge in [-0.25, -0.2) is 0 Å². The lowest BCUT2D eigenvalue weighted by atomic mass is 10.2. The van der Waals surface area contributed by atoms with Gasteiger partial charge in [-0.05, 0) is 35.2 Å². The summed E-state index contributed by atoms with van der Waals surface area (Å²) in [6.45, 7) is 1.50. The maximum atomic E-state index is 5.69. The van der Waals surface area contributed by atoms with Crippen molar-refractivity contribution < 1.29 is 0 Å². The normalized spacial score (nSPS) is 10.5. The number of thiophene rings is 1. The van der Waals surface area contributed by atoms with Crippen molar-refractivity contribution in [1.29, 1.82) is 0 Å². The minimum Gasteiger partial charge on any atom is -0.369 e. The van der Waals surface area contributed by atoms with Gasteiger partial charge in [-0.1, -0.05) is 22.0 Å². The first-order valence-corrected chi connectivity index (χ1v) is 7.09. The van der Waals surface area contributed by atoms with Gasteiger partial charge in [0.25, 0.3) is 0 Å². The Bertz CT molecular complexity index is 482. The van der Waals surface area contributed by atoms with Crippen LogP contribution in [0.15, 0.2) is 40.2 Å². The first kappa shape index (κ1) is 12.6. The summed E-state index contributed by atoms with van der Waals surface area (Å²) in [6, 6.07) is 10.6. The standard InChI is InChI=1S/C13H15BrN2S/c1-16(9-13-3-2-4-17-13)12-6-10(8-15)5-11(14)7-12/h2-7H,8-9,15H2,1H3. The predicted molar refractivity (Wildman–Crippen MR) is 78.5 cm³/mol. The van der Waals surface area contributed by atoms with Gasteiger partial charge in [0.15, 0.2) is 0 Å². The lowest BCUT2D eigenvalue weighted by Gasteiger charge is -2.19. The smallest absolute Gasteiger partial charge is 0.0519 e. The summed E-state index contributed by atoms with van der Waals surface area (Å²) in [6.07, 6.45) is 0. The van der Waals surface area contributed by atoms with Gasteiger partial charge < -0.3 is 10.6 Å². The molecule has 4 heteroatoms. The molecule has 0 unspecified atom stereocenters.